The summed E-state index contributed by atoms with van der Waals surface area (Å²) in [5.41, 5.74) is 0. The normalized spacial score (nSPS) is 11.6. The van der Waals surface area contributed by atoms with E-state index in [2.05, 4.69) is 38.7 Å². The maximum absolute atomic E-state index is 2.48. The Morgan fingerprint density at radius 2 is 0.645 bits per heavy atom. The average Bonchev–Trinajstić information content (AvgIpc) is 2.78. The van der Waals surface area contributed by atoms with Crippen LogP contribution >= 0.6 is 17.9 Å². The smallest absolute Gasteiger partial charge is 0.0654 e. The molecule has 0 aliphatic rings. The van der Waals surface area contributed by atoms with Crippen molar-refractivity contribution >= 4 is 34.9 Å². The van der Waals surface area contributed by atoms with Gasteiger partial charge in [0.25, 0.3) is 0 Å². The summed E-state index contributed by atoms with van der Waals surface area (Å²) in [6.45, 7) is 7.00. The Morgan fingerprint density at radius 3 is 0.968 bits per heavy atom. The second-order valence-corrected chi connectivity index (χ2v) is 27.8. The second-order valence-electron chi connectivity index (χ2n) is 9.54. The van der Waals surface area contributed by atoms with E-state index >= 15 is 0 Å². The molecule has 0 heterocycles. The first-order valence-electron chi connectivity index (χ1n) is 14.5. The molecule has 3 heteroatoms. The second kappa shape index (κ2) is 29.5. The van der Waals surface area contributed by atoms with E-state index in [1.807, 2.05) is 0 Å². The molecular formula is C28H59S2Sn. The van der Waals surface area contributed by atoms with Crippen LogP contribution in [0.3, 0.4) is 0 Å². The number of rotatable bonds is 27. The van der Waals surface area contributed by atoms with Crippen LogP contribution < -0.4 is 0 Å². The van der Waals surface area contributed by atoms with Crippen molar-refractivity contribution < 1.29 is 0 Å². The van der Waals surface area contributed by atoms with Gasteiger partial charge in [-0.3, -0.25) is 0 Å². The molecule has 0 saturated carbocycles. The number of hydrogen-bond donors (Lipinski definition) is 0. The molecule has 0 fully saturated rings. The molecule has 187 valence electrons. The van der Waals surface area contributed by atoms with Gasteiger partial charge in [-0.25, -0.2) is 0 Å². The molecule has 0 aliphatic carbocycles. The third kappa shape index (κ3) is 27.6. The molecule has 0 N–H and O–H groups in total. The van der Waals surface area contributed by atoms with Crippen molar-refractivity contribution in [2.24, 2.45) is 0 Å². The summed E-state index contributed by atoms with van der Waals surface area (Å²) in [6.07, 6.45) is 32.3. The van der Waals surface area contributed by atoms with Gasteiger partial charge in [0.05, 0.1) is 0 Å². The molecule has 0 spiro atoms. The number of unbranched alkanes of at least 4 members (excludes halogenated alkanes) is 19. The van der Waals surface area contributed by atoms with E-state index in [0.29, 0.717) is 0 Å². The fraction of sp³-hybridized carbons (Fsp3) is 1.00. The van der Waals surface area contributed by atoms with Crippen LogP contribution in [0.25, 0.3) is 0 Å². The fourth-order valence-corrected chi connectivity index (χ4v) is 23.9. The van der Waals surface area contributed by atoms with Crippen LogP contribution in [0.15, 0.2) is 0 Å². The third-order valence-electron chi connectivity index (χ3n) is 6.26. The minimum atomic E-state index is -1.19. The van der Waals surface area contributed by atoms with E-state index in [0.717, 1.165) is 0 Å². The molecule has 0 aromatic rings. The van der Waals surface area contributed by atoms with Gasteiger partial charge >= 0.3 is 199 Å². The summed E-state index contributed by atoms with van der Waals surface area (Å²) in [6, 6.07) is 0. The molecule has 0 saturated heterocycles. The molecule has 0 aromatic carbocycles. The van der Waals surface area contributed by atoms with Gasteiger partial charge in [-0.1, -0.05) is 13.8 Å². The van der Waals surface area contributed by atoms with Crippen molar-refractivity contribution in [3.8, 4) is 0 Å². The van der Waals surface area contributed by atoms with Gasteiger partial charge in [-0.05, 0) is 0 Å². The fourth-order valence-electron chi connectivity index (χ4n) is 4.06. The minimum absolute atomic E-state index is 1.19. The van der Waals surface area contributed by atoms with Crippen molar-refractivity contribution in [1.82, 2.24) is 0 Å². The summed E-state index contributed by atoms with van der Waals surface area (Å²) in [5, 5.41) is 0. The molecule has 0 unspecified atom stereocenters. The SMILES string of the molecule is CCCCCCCCCCCC[S][Sn]([CH2]CCC)[S]CCCCCCCCCCCC. The third-order valence-corrected chi connectivity index (χ3v) is 26.6. The standard InChI is InChI=1S/2C12H26S.C4H9.Sn/c2*1-2-3-4-5-6-7-8-9-10-11-12-13;1-3-4-2;/h2*13H,2-12H2,1H3;1,3-4H2,2H3;/q;;;+2/p-2. The first kappa shape index (κ1) is 32.5. The van der Waals surface area contributed by atoms with Gasteiger partial charge in [-0.2, -0.15) is 0 Å². The summed E-state index contributed by atoms with van der Waals surface area (Å²) in [5.74, 6) is 2.97. The topological polar surface area (TPSA) is 0 Å². The Hall–Kier alpha value is 1.50. The Labute approximate surface area is 211 Å². The van der Waals surface area contributed by atoms with Gasteiger partial charge in [0.1, 0.15) is 0 Å². The van der Waals surface area contributed by atoms with Crippen LogP contribution in [0.4, 0.5) is 0 Å². The van der Waals surface area contributed by atoms with E-state index in [1.54, 1.807) is 4.44 Å². The van der Waals surface area contributed by atoms with Crippen molar-refractivity contribution in [1.29, 1.82) is 0 Å². The van der Waals surface area contributed by atoms with Crippen LogP contribution in [-0.2, 0) is 0 Å². The average molecular weight is 579 g/mol. The first-order valence-corrected chi connectivity index (χ1v) is 25.4. The molecule has 0 nitrogen and oxygen atoms in total. The van der Waals surface area contributed by atoms with E-state index in [1.165, 1.54) is 153 Å². The molecule has 0 rings (SSSR count). The van der Waals surface area contributed by atoms with Crippen molar-refractivity contribution in [3.05, 3.63) is 0 Å². The van der Waals surface area contributed by atoms with Gasteiger partial charge in [0, 0.05) is 0 Å². The summed E-state index contributed by atoms with van der Waals surface area (Å²) in [4.78, 5) is 0. The summed E-state index contributed by atoms with van der Waals surface area (Å²) < 4.78 is 1.63. The monoisotopic (exact) mass is 579 g/mol. The summed E-state index contributed by atoms with van der Waals surface area (Å²) >= 11 is -1.19. The van der Waals surface area contributed by atoms with Crippen LogP contribution in [0, 0.1) is 0 Å². The molecule has 0 bridgehead atoms. The van der Waals surface area contributed by atoms with Crippen molar-refractivity contribution in [2.45, 2.75) is 166 Å². The van der Waals surface area contributed by atoms with Crippen LogP contribution in [0.1, 0.15) is 162 Å². The van der Waals surface area contributed by atoms with Crippen molar-refractivity contribution in [3.63, 3.8) is 0 Å². The zero-order valence-electron chi connectivity index (χ0n) is 22.0. The van der Waals surface area contributed by atoms with Crippen LogP contribution in [-0.4, -0.2) is 28.5 Å². The molecule has 0 aromatic heterocycles. The molecule has 0 amide bonds. The minimum Gasteiger partial charge on any atom is -0.0654 e. The van der Waals surface area contributed by atoms with E-state index in [-0.39, 0.29) is 0 Å². The molecular weight excluding hydrogens is 519 g/mol. The summed E-state index contributed by atoms with van der Waals surface area (Å²) in [7, 11) is 4.96. The molecule has 31 heavy (non-hydrogen) atoms. The quantitative estimate of drug-likeness (QED) is 0.0702. The van der Waals surface area contributed by atoms with E-state index in [4.69, 9.17) is 0 Å². The Bertz CT molecular complexity index is 285. The zero-order chi connectivity index (χ0) is 22.7. The van der Waals surface area contributed by atoms with E-state index < -0.39 is 17.0 Å². The maximum atomic E-state index is 2.48. The zero-order valence-corrected chi connectivity index (χ0v) is 26.5. The molecule has 0 aliphatic heterocycles. The number of hydrogen-bond acceptors (Lipinski definition) is 2. The van der Waals surface area contributed by atoms with Crippen LogP contribution in [0.5, 0.6) is 0 Å². The predicted octanol–water partition coefficient (Wildman–Crippen LogP) is 11.6. The van der Waals surface area contributed by atoms with Crippen molar-refractivity contribution in [2.75, 3.05) is 11.5 Å². The van der Waals surface area contributed by atoms with Gasteiger partial charge in [0.15, 0.2) is 0 Å². The van der Waals surface area contributed by atoms with Gasteiger partial charge in [0.2, 0.25) is 0 Å². The van der Waals surface area contributed by atoms with Crippen LogP contribution in [0.2, 0.25) is 4.44 Å². The van der Waals surface area contributed by atoms with Gasteiger partial charge < -0.3 is 0 Å². The van der Waals surface area contributed by atoms with Gasteiger partial charge in [-0.15, -0.1) is 0 Å². The predicted molar refractivity (Wildman–Crippen MR) is 154 cm³/mol. The Morgan fingerprint density at radius 1 is 0.355 bits per heavy atom. The Balaban J connectivity index is 3.50. The Kier molecular flexibility index (Phi) is 31.0. The van der Waals surface area contributed by atoms with E-state index in [9.17, 15) is 0 Å². The molecule has 1 radical (unpaired) electrons. The first-order chi connectivity index (χ1) is 15.3. The molecule has 0 atom stereocenters.